The van der Waals surface area contributed by atoms with Crippen LogP contribution in [-0.4, -0.2) is 117 Å². The van der Waals surface area contributed by atoms with Gasteiger partial charge in [0.05, 0.1) is 0 Å². The van der Waals surface area contributed by atoms with Crippen molar-refractivity contribution in [2.45, 2.75) is 0 Å². The molecule has 0 heterocycles. The van der Waals surface area contributed by atoms with Crippen molar-refractivity contribution in [3.05, 3.63) is 0 Å². The molecule has 39 valence electrons. The van der Waals surface area contributed by atoms with E-state index in [9.17, 15) is 0 Å². The summed E-state index contributed by atoms with van der Waals surface area (Å²) in [6.45, 7) is 0. The summed E-state index contributed by atoms with van der Waals surface area (Å²) in [5.74, 6) is 0. The van der Waals surface area contributed by atoms with Gasteiger partial charge < -0.3 is 20.8 Å². The first-order valence-electron chi connectivity index (χ1n) is 0.775. The SMILES string of the molecule is OB(O)O.[Ba+2].[Eu].[H-].[H-].[H-].[H-].[Sr+2]. The largest absolute Gasteiger partial charge is 2.00 e. The third-order valence-corrected chi connectivity index (χ3v) is 0. The molecule has 0 aromatic heterocycles. The fraction of sp³-hybridized carbons (Fsp3) is 0. The first-order valence-corrected chi connectivity index (χ1v) is 0.775. The van der Waals surface area contributed by atoms with E-state index in [1.54, 1.807) is 0 Å². The Balaban J connectivity index is -0.00000000214. The Morgan fingerprint density at radius 2 is 1.14 bits per heavy atom. The Hall–Kier alpha value is 4.58. The summed E-state index contributed by atoms with van der Waals surface area (Å²) in [6, 6.07) is 0. The minimum atomic E-state index is -2.17. The molecular formula is H7BBaEuO3Sr. The Kier molecular flexibility index (Phi) is 54.5. The molecule has 7 heteroatoms. The van der Waals surface area contributed by atoms with Crippen molar-refractivity contribution >= 4 is 102 Å². The van der Waals surface area contributed by atoms with Gasteiger partial charge in [-0.1, -0.05) is 0 Å². The molecule has 0 amide bonds. The van der Waals surface area contributed by atoms with Crippen molar-refractivity contribution in [2.24, 2.45) is 0 Å². The van der Waals surface area contributed by atoms with E-state index in [0.717, 1.165) is 0 Å². The van der Waals surface area contributed by atoms with Crippen LogP contribution in [-0.2, 0) is 0 Å². The number of rotatable bonds is 0. The second-order valence-electron chi connectivity index (χ2n) is 0.346. The topological polar surface area (TPSA) is 60.7 Å². The maximum Gasteiger partial charge on any atom is 2.00 e. The van der Waals surface area contributed by atoms with Gasteiger partial charge >= 0.3 is 102 Å². The summed E-state index contributed by atoms with van der Waals surface area (Å²) < 4.78 is 0. The molecular weight excluding hydrogens is 436 g/mol. The molecule has 0 bridgehead atoms. The van der Waals surface area contributed by atoms with Gasteiger partial charge in [-0.3, -0.25) is 0 Å². The van der Waals surface area contributed by atoms with Crippen LogP contribution in [0.4, 0.5) is 0 Å². The van der Waals surface area contributed by atoms with E-state index in [2.05, 4.69) is 0 Å². The number of hydrogen-bond acceptors (Lipinski definition) is 3. The first-order chi connectivity index (χ1) is 1.73. The van der Waals surface area contributed by atoms with Gasteiger partial charge in [0.1, 0.15) is 0 Å². The van der Waals surface area contributed by atoms with Crippen LogP contribution in [0.25, 0.3) is 0 Å². The van der Waals surface area contributed by atoms with E-state index in [1.165, 1.54) is 0 Å². The maximum absolute atomic E-state index is 7.17. The van der Waals surface area contributed by atoms with Crippen LogP contribution in [0.1, 0.15) is 5.71 Å². The van der Waals surface area contributed by atoms with Crippen LogP contribution in [0.15, 0.2) is 0 Å². The maximum atomic E-state index is 7.17. The van der Waals surface area contributed by atoms with Gasteiger partial charge in [-0.05, 0) is 0 Å². The van der Waals surface area contributed by atoms with E-state index in [0.29, 0.717) is 0 Å². The van der Waals surface area contributed by atoms with Crippen molar-refractivity contribution in [1.82, 2.24) is 0 Å². The van der Waals surface area contributed by atoms with Crippen LogP contribution in [0.5, 0.6) is 0 Å². The van der Waals surface area contributed by atoms with Gasteiger partial charge in [-0.2, -0.15) is 0 Å². The van der Waals surface area contributed by atoms with Crippen molar-refractivity contribution in [2.75, 3.05) is 0 Å². The van der Waals surface area contributed by atoms with Crippen LogP contribution in [0, 0.1) is 49.4 Å². The van der Waals surface area contributed by atoms with Gasteiger partial charge in [0.15, 0.2) is 0 Å². The third-order valence-electron chi connectivity index (χ3n) is 0. The molecule has 0 aromatic rings. The molecule has 0 aliphatic heterocycles. The van der Waals surface area contributed by atoms with Crippen molar-refractivity contribution in [3.8, 4) is 0 Å². The summed E-state index contributed by atoms with van der Waals surface area (Å²) in [5, 5.41) is 21.5. The summed E-state index contributed by atoms with van der Waals surface area (Å²) in [4.78, 5) is 0. The Morgan fingerprint density at radius 1 is 1.14 bits per heavy atom. The zero-order valence-electron chi connectivity index (χ0n) is 7.71. The van der Waals surface area contributed by atoms with Gasteiger partial charge in [0.2, 0.25) is 0 Å². The van der Waals surface area contributed by atoms with Gasteiger partial charge in [0.25, 0.3) is 0 Å². The summed E-state index contributed by atoms with van der Waals surface area (Å²) >= 11 is 0. The molecule has 0 saturated carbocycles. The van der Waals surface area contributed by atoms with E-state index < -0.39 is 7.32 Å². The summed E-state index contributed by atoms with van der Waals surface area (Å²) in [7, 11) is -2.17. The van der Waals surface area contributed by atoms with Crippen molar-refractivity contribution < 1.29 is 70.2 Å². The Labute approximate surface area is 167 Å². The molecule has 0 aliphatic carbocycles. The predicted octanol–water partition coefficient (Wildman–Crippen LogP) is -2.36. The first kappa shape index (κ1) is 22.6. The smallest absolute Gasteiger partial charge is 1.00 e. The molecule has 7 heavy (non-hydrogen) atoms. The van der Waals surface area contributed by atoms with Crippen LogP contribution >= 0.6 is 0 Å². The molecule has 3 N–H and O–H groups in total. The molecule has 0 atom stereocenters. The quantitative estimate of drug-likeness (QED) is 0.368. The van der Waals surface area contributed by atoms with Crippen molar-refractivity contribution in [3.63, 3.8) is 0 Å². The second-order valence-corrected chi connectivity index (χ2v) is 0.346. The van der Waals surface area contributed by atoms with E-state index in [1.807, 2.05) is 0 Å². The summed E-state index contributed by atoms with van der Waals surface area (Å²) in [5.41, 5.74) is 0. The Bertz CT molecular complexity index is 30.1. The minimum absolute atomic E-state index is 0. The van der Waals surface area contributed by atoms with Gasteiger partial charge in [-0.15, -0.1) is 0 Å². The van der Waals surface area contributed by atoms with E-state index in [-0.39, 0.29) is 149 Å². The second kappa shape index (κ2) is 16.9. The third kappa shape index (κ3) is 37.1. The predicted molar refractivity (Wildman–Crippen MR) is 28.4 cm³/mol. The molecule has 1 radical (unpaired) electrons. The molecule has 0 saturated heterocycles. The van der Waals surface area contributed by atoms with Crippen LogP contribution in [0.2, 0.25) is 0 Å². The van der Waals surface area contributed by atoms with Crippen molar-refractivity contribution in [1.29, 1.82) is 0 Å². The van der Waals surface area contributed by atoms with Gasteiger partial charge in [0, 0.05) is 49.4 Å². The fourth-order valence-electron chi connectivity index (χ4n) is 0. The fourth-order valence-corrected chi connectivity index (χ4v) is 0. The number of hydrogen-bond donors (Lipinski definition) is 3. The normalized spacial score (nSPS) is 3.86. The molecule has 0 unspecified atom stereocenters. The minimum Gasteiger partial charge on any atom is -1.00 e. The van der Waals surface area contributed by atoms with Crippen LogP contribution < -0.4 is 0 Å². The monoisotopic (exact) mass is 445 g/mol. The molecule has 0 aliphatic rings. The molecule has 3 nitrogen and oxygen atoms in total. The zero-order valence-corrected chi connectivity index (χ0v) is 14.1. The van der Waals surface area contributed by atoms with Gasteiger partial charge in [-0.25, -0.2) is 0 Å². The summed E-state index contributed by atoms with van der Waals surface area (Å²) in [6.07, 6.45) is 0. The van der Waals surface area contributed by atoms with E-state index >= 15 is 0 Å². The van der Waals surface area contributed by atoms with Crippen LogP contribution in [0.3, 0.4) is 0 Å². The average molecular weight is 443 g/mol. The standard InChI is InChI=1S/BH3O3.Ba.Eu.Sr.4H/c2-1(3)4;;;;;;;/h2-4H;;;;;;;/q;+2;;+2;4*-1. The zero-order chi connectivity index (χ0) is 3.58. The Morgan fingerprint density at radius 3 is 1.14 bits per heavy atom. The molecule has 0 aromatic carbocycles. The molecule has 0 fully saturated rings. The molecule has 0 rings (SSSR count). The molecule has 0 spiro atoms. The average Bonchev–Trinajstić information content (AvgIpc) is 0.811. The van der Waals surface area contributed by atoms with E-state index in [4.69, 9.17) is 15.1 Å².